The second-order valence-electron chi connectivity index (χ2n) is 8.42. The predicted octanol–water partition coefficient (Wildman–Crippen LogP) is 0.119. The molecule has 12 nitrogen and oxygen atoms in total. The molecule has 1 aromatic carbocycles. The van der Waals surface area contributed by atoms with Gasteiger partial charge in [0.25, 0.3) is 0 Å². The number of alkyl carbamates (subject to hydrolysis) is 1. The molecule has 0 spiro atoms. The third-order valence-corrected chi connectivity index (χ3v) is 4.52. The fraction of sp³-hybridized carbons (Fsp3) is 0.417. The van der Waals surface area contributed by atoms with Crippen LogP contribution in [0.25, 0.3) is 0 Å². The van der Waals surface area contributed by atoms with E-state index in [-0.39, 0.29) is 11.1 Å². The highest BCUT2D eigenvalue weighted by molar-refractivity contribution is 5.95. The Morgan fingerprint density at radius 1 is 1.19 bits per heavy atom. The smallest absolute Gasteiger partial charge is 0.408 e. The zero-order valence-electron chi connectivity index (χ0n) is 20.5. The van der Waals surface area contributed by atoms with Crippen LogP contribution in [0.4, 0.5) is 4.79 Å². The molecule has 0 aliphatic rings. The summed E-state index contributed by atoms with van der Waals surface area (Å²) in [6.45, 7) is 3.62. The summed E-state index contributed by atoms with van der Waals surface area (Å²) >= 11 is 0. The van der Waals surface area contributed by atoms with E-state index in [1.165, 1.54) is 12.1 Å². The van der Waals surface area contributed by atoms with E-state index in [4.69, 9.17) is 16.9 Å². The summed E-state index contributed by atoms with van der Waals surface area (Å²) in [5.41, 5.74) is 4.76. The minimum Gasteiger partial charge on any atom is -0.468 e. The summed E-state index contributed by atoms with van der Waals surface area (Å²) in [5, 5.41) is 14.1. The molecule has 0 saturated carbocycles. The second kappa shape index (κ2) is 13.3. The van der Waals surface area contributed by atoms with Crippen molar-refractivity contribution in [1.29, 1.82) is 5.26 Å². The van der Waals surface area contributed by atoms with E-state index >= 15 is 0 Å². The van der Waals surface area contributed by atoms with E-state index in [0.717, 1.165) is 12.0 Å². The number of rotatable bonds is 10. The highest BCUT2D eigenvalue weighted by Crippen LogP contribution is 2.26. The number of nitrogens with two attached hydrogens (primary N) is 1. The highest BCUT2D eigenvalue weighted by atomic mass is 16.6. The lowest BCUT2D eigenvalue weighted by atomic mass is 9.97. The molecule has 36 heavy (non-hydrogen) atoms. The molecular formula is C24H29N5O7. The average molecular weight is 500 g/mol. The van der Waals surface area contributed by atoms with Crippen molar-refractivity contribution in [1.82, 2.24) is 15.5 Å². The Morgan fingerprint density at radius 2 is 1.83 bits per heavy atom. The Bertz CT molecular complexity index is 1080. The van der Waals surface area contributed by atoms with E-state index in [1.807, 2.05) is 0 Å². The van der Waals surface area contributed by atoms with Crippen LogP contribution in [-0.4, -0.2) is 66.5 Å². The molecule has 0 fully saturated rings. The van der Waals surface area contributed by atoms with Crippen LogP contribution in [0.5, 0.6) is 0 Å². The van der Waals surface area contributed by atoms with Gasteiger partial charge in [-0.1, -0.05) is 24.1 Å². The zero-order valence-corrected chi connectivity index (χ0v) is 20.5. The lowest BCUT2D eigenvalue weighted by Crippen LogP contribution is -2.54. The predicted molar refractivity (Wildman–Crippen MR) is 126 cm³/mol. The van der Waals surface area contributed by atoms with Crippen LogP contribution in [-0.2, 0) is 28.7 Å². The summed E-state index contributed by atoms with van der Waals surface area (Å²) in [5.74, 6) is -1.13. The van der Waals surface area contributed by atoms with Crippen LogP contribution in [0.15, 0.2) is 24.3 Å². The fourth-order valence-corrected chi connectivity index (χ4v) is 3.07. The Hall–Kier alpha value is -4.58. The van der Waals surface area contributed by atoms with Crippen molar-refractivity contribution in [3.8, 4) is 18.4 Å². The minimum atomic E-state index is -1.57. The van der Waals surface area contributed by atoms with Gasteiger partial charge in [-0.05, 0) is 32.4 Å². The SMILES string of the molecule is C#Cc1ccccc1C(C(=O)NCC(=O)OC)N(CC#N)C(=O)C(CC(N)=O)NC(=O)OC(C)(C)C. The van der Waals surface area contributed by atoms with Crippen molar-refractivity contribution in [2.45, 2.75) is 44.9 Å². The van der Waals surface area contributed by atoms with Crippen LogP contribution < -0.4 is 16.4 Å². The summed E-state index contributed by atoms with van der Waals surface area (Å²) in [4.78, 5) is 63.2. The molecule has 1 rings (SSSR count). The number of nitriles is 1. The molecule has 4 N–H and O–H groups in total. The van der Waals surface area contributed by atoms with Gasteiger partial charge in [-0.3, -0.25) is 19.2 Å². The number of methoxy groups -OCH3 is 1. The van der Waals surface area contributed by atoms with Gasteiger partial charge in [-0.2, -0.15) is 5.26 Å². The maximum absolute atomic E-state index is 13.6. The number of amides is 4. The Morgan fingerprint density at radius 3 is 2.36 bits per heavy atom. The average Bonchev–Trinajstić information content (AvgIpc) is 2.80. The number of carbonyl (C=O) groups is 5. The van der Waals surface area contributed by atoms with Crippen LogP contribution in [0.2, 0.25) is 0 Å². The maximum atomic E-state index is 13.6. The standard InChI is InChI=1S/C24H29N5O7/c1-6-15-9-7-8-10-16(15)20(21(32)27-14-19(31)35-5)29(12-11-25)22(33)17(13-18(26)30)28-23(34)36-24(2,3)4/h1,7-10,17,20H,12-14H2,2-5H3,(H2,26,30)(H,27,32)(H,28,34). The van der Waals surface area contributed by atoms with Gasteiger partial charge in [-0.25, -0.2) is 4.79 Å². The van der Waals surface area contributed by atoms with Crippen molar-refractivity contribution in [3.63, 3.8) is 0 Å². The van der Waals surface area contributed by atoms with Crippen molar-refractivity contribution < 1.29 is 33.4 Å². The fourth-order valence-electron chi connectivity index (χ4n) is 3.07. The quantitative estimate of drug-likeness (QED) is 0.230. The monoisotopic (exact) mass is 499 g/mol. The largest absolute Gasteiger partial charge is 0.468 e. The first-order chi connectivity index (χ1) is 16.8. The summed E-state index contributed by atoms with van der Waals surface area (Å²) in [6.07, 6.45) is 3.91. The van der Waals surface area contributed by atoms with Gasteiger partial charge in [0, 0.05) is 5.56 Å². The number of esters is 1. The summed E-state index contributed by atoms with van der Waals surface area (Å²) in [6, 6.07) is 4.87. The van der Waals surface area contributed by atoms with Crippen LogP contribution in [0.3, 0.4) is 0 Å². The number of ether oxygens (including phenoxy) is 2. The molecule has 2 unspecified atom stereocenters. The molecule has 0 aliphatic heterocycles. The zero-order chi connectivity index (χ0) is 27.5. The van der Waals surface area contributed by atoms with Crippen LogP contribution >= 0.6 is 0 Å². The molecule has 0 saturated heterocycles. The molecule has 12 heteroatoms. The van der Waals surface area contributed by atoms with E-state index < -0.39 is 67.0 Å². The first-order valence-corrected chi connectivity index (χ1v) is 10.7. The second-order valence-corrected chi connectivity index (χ2v) is 8.42. The number of benzene rings is 1. The van der Waals surface area contributed by atoms with Crippen molar-refractivity contribution >= 4 is 29.8 Å². The Kier molecular flexibility index (Phi) is 10.9. The number of nitrogens with zero attached hydrogens (tertiary/aromatic N) is 2. The summed E-state index contributed by atoms with van der Waals surface area (Å²) < 4.78 is 9.67. The van der Waals surface area contributed by atoms with E-state index in [0.29, 0.717) is 0 Å². The van der Waals surface area contributed by atoms with Gasteiger partial charge in [0.2, 0.25) is 17.7 Å². The molecule has 0 radical (unpaired) electrons. The van der Waals surface area contributed by atoms with Gasteiger partial charge in [0.05, 0.1) is 19.6 Å². The van der Waals surface area contributed by atoms with Crippen molar-refractivity contribution in [2.75, 3.05) is 20.2 Å². The first kappa shape index (κ1) is 29.5. The van der Waals surface area contributed by atoms with E-state index in [9.17, 15) is 29.2 Å². The number of hydrogen-bond acceptors (Lipinski definition) is 8. The molecule has 2 atom stereocenters. The van der Waals surface area contributed by atoms with Gasteiger partial charge in [0.15, 0.2) is 0 Å². The third-order valence-electron chi connectivity index (χ3n) is 4.52. The van der Waals surface area contributed by atoms with Gasteiger partial charge in [-0.15, -0.1) is 6.42 Å². The molecule has 0 bridgehead atoms. The lowest BCUT2D eigenvalue weighted by molar-refractivity contribution is -0.144. The number of primary amides is 1. The number of hydrogen-bond donors (Lipinski definition) is 3. The molecule has 0 aromatic heterocycles. The van der Waals surface area contributed by atoms with Crippen LogP contribution in [0, 0.1) is 23.7 Å². The lowest BCUT2D eigenvalue weighted by Gasteiger charge is -2.33. The van der Waals surface area contributed by atoms with Gasteiger partial charge < -0.3 is 30.7 Å². The summed E-state index contributed by atoms with van der Waals surface area (Å²) in [7, 11) is 1.13. The first-order valence-electron chi connectivity index (χ1n) is 10.7. The van der Waals surface area contributed by atoms with Crippen molar-refractivity contribution in [2.24, 2.45) is 5.73 Å². The van der Waals surface area contributed by atoms with Gasteiger partial charge in [0.1, 0.15) is 30.8 Å². The Labute approximate surface area is 209 Å². The minimum absolute atomic E-state index is 0.168. The molecule has 192 valence electrons. The maximum Gasteiger partial charge on any atom is 0.408 e. The molecule has 4 amide bonds. The number of terminal acetylenes is 1. The molecule has 0 aliphatic carbocycles. The highest BCUT2D eigenvalue weighted by Gasteiger charge is 2.37. The van der Waals surface area contributed by atoms with E-state index in [2.05, 4.69) is 21.3 Å². The third kappa shape index (κ3) is 8.99. The Balaban J connectivity index is 3.53. The van der Waals surface area contributed by atoms with Crippen molar-refractivity contribution in [3.05, 3.63) is 35.4 Å². The number of nitrogens with one attached hydrogen (secondary N) is 2. The molecular weight excluding hydrogens is 470 g/mol. The van der Waals surface area contributed by atoms with Gasteiger partial charge >= 0.3 is 12.1 Å². The topological polar surface area (TPSA) is 181 Å². The molecule has 1 aromatic rings. The van der Waals surface area contributed by atoms with Crippen LogP contribution in [0.1, 0.15) is 44.4 Å². The molecule has 0 heterocycles. The van der Waals surface area contributed by atoms with E-state index in [1.54, 1.807) is 39.0 Å². The normalized spacial score (nSPS) is 12.1. The number of carbonyl (C=O) groups excluding carboxylic acids is 5.